The van der Waals surface area contributed by atoms with E-state index in [1.807, 2.05) is 0 Å². The Labute approximate surface area is 120 Å². The molecule has 19 heavy (non-hydrogen) atoms. The summed E-state index contributed by atoms with van der Waals surface area (Å²) in [6.45, 7) is 0. The number of aromatic nitrogens is 1. The molecule has 2 rings (SSSR count). The summed E-state index contributed by atoms with van der Waals surface area (Å²) in [4.78, 5) is 15.0. The molecule has 0 atom stereocenters. The lowest BCUT2D eigenvalue weighted by molar-refractivity contribution is 0.112. The third-order valence-electron chi connectivity index (χ3n) is 3.66. The van der Waals surface area contributed by atoms with Gasteiger partial charge in [-0.3, -0.25) is 4.79 Å². The van der Waals surface area contributed by atoms with Crippen molar-refractivity contribution in [2.75, 3.05) is 5.32 Å². The number of hydrogen-bond donors (Lipinski definition) is 1. The van der Waals surface area contributed by atoms with Gasteiger partial charge in [0.1, 0.15) is 13.0 Å². The molecule has 0 spiro atoms. The Balaban J connectivity index is 2.17. The topological polar surface area (TPSA) is 42.0 Å². The van der Waals surface area contributed by atoms with E-state index in [-0.39, 0.29) is 0 Å². The Morgan fingerprint density at radius 1 is 1.26 bits per heavy atom. The summed E-state index contributed by atoms with van der Waals surface area (Å²) in [5, 5.41) is 3.67. The van der Waals surface area contributed by atoms with Crippen LogP contribution in [0.4, 0.5) is 5.69 Å². The van der Waals surface area contributed by atoms with Crippen molar-refractivity contribution >= 4 is 31.4 Å². The van der Waals surface area contributed by atoms with Gasteiger partial charge in [0.2, 0.25) is 0 Å². The molecule has 100 valence electrons. The van der Waals surface area contributed by atoms with Gasteiger partial charge in [0.25, 0.3) is 0 Å². The second-order valence-corrected chi connectivity index (χ2v) is 5.65. The number of aldehydes is 1. The van der Waals surface area contributed by atoms with Gasteiger partial charge < -0.3 is 5.32 Å². The van der Waals surface area contributed by atoms with Crippen LogP contribution >= 0.6 is 11.6 Å². The molecular weight excluding hydrogens is 258 g/mol. The third-order valence-corrected chi connectivity index (χ3v) is 3.86. The van der Waals surface area contributed by atoms with Crippen LogP contribution in [0.25, 0.3) is 0 Å². The zero-order valence-corrected chi connectivity index (χ0v) is 11.7. The number of carbonyl (C=O) groups excluding carboxylic acids is 1. The molecule has 0 bridgehead atoms. The normalized spacial score (nSPS) is 19.2. The fourth-order valence-corrected chi connectivity index (χ4v) is 2.73. The Morgan fingerprint density at radius 3 is 2.53 bits per heavy atom. The lowest BCUT2D eigenvalue weighted by Gasteiger charge is -2.35. The molecule has 1 aliphatic rings. The lowest BCUT2D eigenvalue weighted by Crippen LogP contribution is -2.39. The molecule has 1 N–H and O–H groups in total. The van der Waals surface area contributed by atoms with Crippen LogP contribution in [0.3, 0.4) is 0 Å². The Kier molecular flexibility index (Phi) is 4.86. The van der Waals surface area contributed by atoms with Crippen LogP contribution in [0.15, 0.2) is 12.3 Å². The van der Waals surface area contributed by atoms with E-state index in [2.05, 4.69) is 10.3 Å². The number of pyridine rings is 1. The molecule has 0 aliphatic heterocycles. The quantitative estimate of drug-likeness (QED) is 0.521. The van der Waals surface area contributed by atoms with Crippen molar-refractivity contribution in [2.24, 2.45) is 0 Å². The average molecular weight is 277 g/mol. The fourth-order valence-electron chi connectivity index (χ4n) is 2.57. The van der Waals surface area contributed by atoms with Gasteiger partial charge in [0, 0.05) is 11.9 Å². The summed E-state index contributed by atoms with van der Waals surface area (Å²) < 4.78 is 0. The summed E-state index contributed by atoms with van der Waals surface area (Å²) in [5.74, 6) is 0. The summed E-state index contributed by atoms with van der Waals surface area (Å²) in [6, 6.07) is 1.67. The molecule has 2 radical (unpaired) electrons. The van der Waals surface area contributed by atoms with E-state index >= 15 is 0 Å². The van der Waals surface area contributed by atoms with Gasteiger partial charge in [-0.1, -0.05) is 43.7 Å². The molecule has 1 aromatic rings. The van der Waals surface area contributed by atoms with E-state index < -0.39 is 5.44 Å². The maximum atomic E-state index is 11.0. The Morgan fingerprint density at radius 2 is 1.89 bits per heavy atom. The molecule has 0 saturated heterocycles. The summed E-state index contributed by atoms with van der Waals surface area (Å²) >= 11 is 5.89. The molecule has 1 aliphatic carbocycles. The summed E-state index contributed by atoms with van der Waals surface area (Å²) in [6.07, 6.45) is 10.0. The highest BCUT2D eigenvalue weighted by atomic mass is 35.5. The SMILES string of the molecule is [B]C1(Nc2cc(Cl)ncc2C=O)CCCCCCC1. The molecule has 0 unspecified atom stereocenters. The predicted molar refractivity (Wildman–Crippen MR) is 79.1 cm³/mol. The average Bonchev–Trinajstić information content (AvgIpc) is 2.35. The largest absolute Gasteiger partial charge is 0.387 e. The lowest BCUT2D eigenvalue weighted by atomic mass is 9.69. The van der Waals surface area contributed by atoms with E-state index in [9.17, 15) is 4.79 Å². The van der Waals surface area contributed by atoms with Crippen LogP contribution in [0.1, 0.15) is 55.3 Å². The Hall–Kier alpha value is -1.03. The van der Waals surface area contributed by atoms with Gasteiger partial charge >= 0.3 is 0 Å². The van der Waals surface area contributed by atoms with Crippen LogP contribution < -0.4 is 5.32 Å². The van der Waals surface area contributed by atoms with Crippen molar-refractivity contribution in [3.63, 3.8) is 0 Å². The van der Waals surface area contributed by atoms with Gasteiger partial charge in [-0.2, -0.15) is 0 Å². The van der Waals surface area contributed by atoms with Crippen molar-refractivity contribution in [3.05, 3.63) is 23.0 Å². The second-order valence-electron chi connectivity index (χ2n) is 5.26. The minimum Gasteiger partial charge on any atom is -0.387 e. The van der Waals surface area contributed by atoms with Crippen LogP contribution in [0, 0.1) is 0 Å². The molecule has 0 amide bonds. The van der Waals surface area contributed by atoms with Crippen LogP contribution in [0.2, 0.25) is 5.15 Å². The van der Waals surface area contributed by atoms with Crippen LogP contribution in [0.5, 0.6) is 0 Å². The van der Waals surface area contributed by atoms with Crippen molar-refractivity contribution < 1.29 is 4.79 Å². The highest BCUT2D eigenvalue weighted by molar-refractivity contribution is 6.29. The van der Waals surface area contributed by atoms with Gasteiger partial charge in [0.05, 0.1) is 5.56 Å². The third kappa shape index (κ3) is 3.97. The zero-order chi connectivity index (χ0) is 13.7. The van der Waals surface area contributed by atoms with E-state index in [1.54, 1.807) is 6.07 Å². The smallest absolute Gasteiger partial charge is 0.153 e. The van der Waals surface area contributed by atoms with E-state index in [1.165, 1.54) is 25.5 Å². The number of nitrogens with one attached hydrogen (secondary N) is 1. The molecule has 0 aromatic carbocycles. The first-order valence-electron chi connectivity index (χ1n) is 6.81. The van der Waals surface area contributed by atoms with Crippen molar-refractivity contribution in [1.29, 1.82) is 0 Å². The Bertz CT molecular complexity index is 445. The molecule has 1 heterocycles. The second kappa shape index (κ2) is 6.42. The summed E-state index contributed by atoms with van der Waals surface area (Å²) in [5.41, 5.74) is 0.720. The van der Waals surface area contributed by atoms with E-state index in [0.29, 0.717) is 16.4 Å². The highest BCUT2D eigenvalue weighted by Gasteiger charge is 2.24. The minimum absolute atomic E-state index is 0.363. The first-order valence-corrected chi connectivity index (χ1v) is 7.18. The maximum Gasteiger partial charge on any atom is 0.153 e. The molecule has 5 heteroatoms. The number of hydrogen-bond acceptors (Lipinski definition) is 3. The standard InChI is InChI=1S/C14H18BClN2O/c15-14(6-4-2-1-3-5-7-14)18-12-8-13(16)17-9-11(12)10-19/h8-10H,1-7H2,(H,17,18). The van der Waals surface area contributed by atoms with Crippen molar-refractivity contribution in [2.45, 2.75) is 50.4 Å². The van der Waals surface area contributed by atoms with Crippen molar-refractivity contribution in [3.8, 4) is 0 Å². The fraction of sp³-hybridized carbons (Fsp3) is 0.571. The van der Waals surface area contributed by atoms with Gasteiger partial charge in [0.15, 0.2) is 6.29 Å². The maximum absolute atomic E-state index is 11.0. The monoisotopic (exact) mass is 276 g/mol. The molecule has 3 nitrogen and oxygen atoms in total. The number of carbonyl (C=O) groups is 1. The number of rotatable bonds is 3. The van der Waals surface area contributed by atoms with Crippen LogP contribution in [-0.4, -0.2) is 24.6 Å². The predicted octanol–water partition coefficient (Wildman–Crippen LogP) is 3.57. The highest BCUT2D eigenvalue weighted by Crippen LogP contribution is 2.29. The van der Waals surface area contributed by atoms with E-state index in [4.69, 9.17) is 19.4 Å². The van der Waals surface area contributed by atoms with Gasteiger partial charge in [-0.05, 0) is 24.3 Å². The first-order chi connectivity index (χ1) is 9.13. The van der Waals surface area contributed by atoms with Crippen LogP contribution in [-0.2, 0) is 0 Å². The number of halogens is 1. The minimum atomic E-state index is -0.455. The molecule has 1 fully saturated rings. The molecule has 1 aromatic heterocycles. The zero-order valence-electron chi connectivity index (χ0n) is 11.0. The summed E-state index contributed by atoms with van der Waals surface area (Å²) in [7, 11) is 6.44. The number of anilines is 1. The molecule has 1 saturated carbocycles. The van der Waals surface area contributed by atoms with E-state index in [0.717, 1.165) is 32.0 Å². The first kappa shape index (κ1) is 14.4. The van der Waals surface area contributed by atoms with Gasteiger partial charge in [-0.15, -0.1) is 0 Å². The van der Waals surface area contributed by atoms with Gasteiger partial charge in [-0.25, -0.2) is 4.98 Å². The number of nitrogens with zero attached hydrogens (tertiary/aromatic N) is 1. The molecular formula is C14H18BClN2O. The van der Waals surface area contributed by atoms with Crippen molar-refractivity contribution in [1.82, 2.24) is 4.98 Å².